The number of aliphatic hydroxyl groups is 1. The van der Waals surface area contributed by atoms with Crippen LogP contribution in [0.4, 0.5) is 0 Å². The number of aliphatic hydroxyl groups excluding tert-OH is 1. The van der Waals surface area contributed by atoms with E-state index in [9.17, 15) is 0 Å². The van der Waals surface area contributed by atoms with Gasteiger partial charge in [0.1, 0.15) is 19.0 Å². The highest BCUT2D eigenvalue weighted by molar-refractivity contribution is 5.36. The second-order valence-electron chi connectivity index (χ2n) is 3.68. The van der Waals surface area contributed by atoms with Gasteiger partial charge in [0, 0.05) is 30.6 Å². The van der Waals surface area contributed by atoms with Crippen molar-refractivity contribution in [3.63, 3.8) is 0 Å². The van der Waals surface area contributed by atoms with Crippen LogP contribution in [0.15, 0.2) is 30.9 Å². The Morgan fingerprint density at radius 3 is 3.00 bits per heavy atom. The molecule has 0 aliphatic rings. The monoisotopic (exact) mass is 243 g/mol. The van der Waals surface area contributed by atoms with Crippen molar-refractivity contribution in [2.24, 2.45) is 7.05 Å². The summed E-state index contributed by atoms with van der Waals surface area (Å²) in [5, 5.41) is 12.7. The van der Waals surface area contributed by atoms with Crippen LogP contribution in [0.2, 0.25) is 0 Å². The number of aryl methyl sites for hydroxylation is 1. The molecule has 92 valence electrons. The minimum atomic E-state index is -0.166. The maximum absolute atomic E-state index is 8.62. The average Bonchev–Trinajstić information content (AvgIpc) is 2.80. The average molecular weight is 243 g/mol. The molecule has 0 aromatic carbocycles. The van der Waals surface area contributed by atoms with Crippen LogP contribution in [-0.4, -0.2) is 26.5 Å². The molecule has 2 aromatic rings. The molecule has 5 heteroatoms. The molecule has 0 fully saturated rings. The van der Waals surface area contributed by atoms with Gasteiger partial charge in [0.15, 0.2) is 0 Å². The molecule has 0 atom stereocenters. The summed E-state index contributed by atoms with van der Waals surface area (Å²) in [6.07, 6.45) is 6.89. The number of ether oxygens (including phenoxy) is 1. The standard InChI is InChI=1S/C13H13N3O2/c1-16-9-12(7-15-16)10-18-13-5-11(3-2-4-17)6-14-8-13/h5-9,17H,4,10H2,1H3. The van der Waals surface area contributed by atoms with Crippen LogP contribution in [0, 0.1) is 11.8 Å². The first-order valence-corrected chi connectivity index (χ1v) is 5.43. The van der Waals surface area contributed by atoms with Crippen LogP contribution in [0.25, 0.3) is 0 Å². The van der Waals surface area contributed by atoms with Gasteiger partial charge in [0.25, 0.3) is 0 Å². The van der Waals surface area contributed by atoms with E-state index in [2.05, 4.69) is 21.9 Å². The summed E-state index contributed by atoms with van der Waals surface area (Å²) in [4.78, 5) is 4.03. The van der Waals surface area contributed by atoms with Crippen LogP contribution in [0.3, 0.4) is 0 Å². The Hall–Kier alpha value is -2.32. The molecule has 2 rings (SSSR count). The van der Waals surface area contributed by atoms with Gasteiger partial charge in [-0.05, 0) is 6.07 Å². The molecule has 0 saturated heterocycles. The van der Waals surface area contributed by atoms with E-state index in [1.807, 2.05) is 13.2 Å². The van der Waals surface area contributed by atoms with E-state index in [0.717, 1.165) is 5.56 Å². The molecule has 2 aromatic heterocycles. The summed E-state index contributed by atoms with van der Waals surface area (Å²) in [7, 11) is 1.86. The predicted octanol–water partition coefficient (Wildman–Crippen LogP) is 0.738. The van der Waals surface area contributed by atoms with Gasteiger partial charge in [0.2, 0.25) is 0 Å². The van der Waals surface area contributed by atoms with Crippen molar-refractivity contribution in [3.05, 3.63) is 42.0 Å². The van der Waals surface area contributed by atoms with E-state index < -0.39 is 0 Å². The Kier molecular flexibility index (Phi) is 3.94. The van der Waals surface area contributed by atoms with Crippen LogP contribution in [0.5, 0.6) is 5.75 Å². The molecule has 0 aliphatic heterocycles. The summed E-state index contributed by atoms with van der Waals surface area (Å²) >= 11 is 0. The van der Waals surface area contributed by atoms with Crippen molar-refractivity contribution < 1.29 is 9.84 Å². The van der Waals surface area contributed by atoms with Crippen LogP contribution in [0.1, 0.15) is 11.1 Å². The second kappa shape index (κ2) is 5.84. The van der Waals surface area contributed by atoms with Gasteiger partial charge in [-0.3, -0.25) is 9.67 Å². The fraction of sp³-hybridized carbons (Fsp3) is 0.231. The summed E-state index contributed by atoms with van der Waals surface area (Å²) in [6, 6.07) is 1.78. The topological polar surface area (TPSA) is 60.2 Å². The lowest BCUT2D eigenvalue weighted by Gasteiger charge is -2.03. The van der Waals surface area contributed by atoms with E-state index in [4.69, 9.17) is 9.84 Å². The van der Waals surface area contributed by atoms with Crippen LogP contribution >= 0.6 is 0 Å². The number of rotatable bonds is 3. The van der Waals surface area contributed by atoms with E-state index in [-0.39, 0.29) is 6.61 Å². The third-order valence-corrected chi connectivity index (χ3v) is 2.19. The summed E-state index contributed by atoms with van der Waals surface area (Å²) in [6.45, 7) is 0.271. The highest BCUT2D eigenvalue weighted by atomic mass is 16.5. The van der Waals surface area contributed by atoms with Gasteiger partial charge in [-0.15, -0.1) is 0 Å². The minimum Gasteiger partial charge on any atom is -0.487 e. The lowest BCUT2D eigenvalue weighted by Crippen LogP contribution is -1.95. The van der Waals surface area contributed by atoms with E-state index in [0.29, 0.717) is 17.9 Å². The smallest absolute Gasteiger partial charge is 0.139 e. The molecule has 0 radical (unpaired) electrons. The molecule has 0 amide bonds. The first-order valence-electron chi connectivity index (χ1n) is 5.43. The molecule has 1 N–H and O–H groups in total. The normalized spacial score (nSPS) is 9.67. The summed E-state index contributed by atoms with van der Waals surface area (Å²) < 4.78 is 7.30. The van der Waals surface area contributed by atoms with Crippen LogP contribution in [-0.2, 0) is 13.7 Å². The number of hydrogen-bond acceptors (Lipinski definition) is 4. The molecule has 5 nitrogen and oxygen atoms in total. The van der Waals surface area contributed by atoms with E-state index >= 15 is 0 Å². The van der Waals surface area contributed by atoms with Gasteiger partial charge in [0.05, 0.1) is 12.4 Å². The first kappa shape index (κ1) is 12.1. The fourth-order valence-electron chi connectivity index (χ4n) is 1.42. The highest BCUT2D eigenvalue weighted by Crippen LogP contribution is 2.12. The molecule has 0 spiro atoms. The highest BCUT2D eigenvalue weighted by Gasteiger charge is 1.99. The maximum atomic E-state index is 8.62. The lowest BCUT2D eigenvalue weighted by atomic mass is 10.3. The zero-order chi connectivity index (χ0) is 12.8. The van der Waals surface area contributed by atoms with Gasteiger partial charge < -0.3 is 9.84 Å². The van der Waals surface area contributed by atoms with Gasteiger partial charge in [-0.1, -0.05) is 11.8 Å². The second-order valence-corrected chi connectivity index (χ2v) is 3.68. The van der Waals surface area contributed by atoms with Crippen molar-refractivity contribution in [3.8, 4) is 17.6 Å². The molecule has 2 heterocycles. The number of hydrogen-bond donors (Lipinski definition) is 1. The van der Waals surface area contributed by atoms with Crippen molar-refractivity contribution in [1.82, 2.24) is 14.8 Å². The summed E-state index contributed by atoms with van der Waals surface area (Å²) in [5.41, 5.74) is 1.71. The Bertz CT molecular complexity index is 581. The third-order valence-electron chi connectivity index (χ3n) is 2.19. The zero-order valence-electron chi connectivity index (χ0n) is 10.00. The van der Waals surface area contributed by atoms with Crippen LogP contribution < -0.4 is 4.74 Å². The number of pyridine rings is 1. The van der Waals surface area contributed by atoms with E-state index in [1.54, 1.807) is 29.3 Å². The molecular weight excluding hydrogens is 230 g/mol. The van der Waals surface area contributed by atoms with Gasteiger partial charge in [-0.25, -0.2) is 0 Å². The number of nitrogens with zero attached hydrogens (tertiary/aromatic N) is 3. The largest absolute Gasteiger partial charge is 0.487 e. The Labute approximate surface area is 105 Å². The van der Waals surface area contributed by atoms with Gasteiger partial charge in [-0.2, -0.15) is 5.10 Å². The Morgan fingerprint density at radius 2 is 2.28 bits per heavy atom. The molecule has 0 aliphatic carbocycles. The van der Waals surface area contributed by atoms with Crippen molar-refractivity contribution >= 4 is 0 Å². The summed E-state index contributed by atoms with van der Waals surface area (Å²) in [5.74, 6) is 5.99. The number of aromatic nitrogens is 3. The first-order chi connectivity index (χ1) is 8.78. The maximum Gasteiger partial charge on any atom is 0.139 e. The van der Waals surface area contributed by atoms with Crippen molar-refractivity contribution in [2.45, 2.75) is 6.61 Å². The predicted molar refractivity (Wildman–Crippen MR) is 65.7 cm³/mol. The molecule has 0 bridgehead atoms. The minimum absolute atomic E-state index is 0.166. The van der Waals surface area contributed by atoms with E-state index in [1.165, 1.54) is 0 Å². The molecular formula is C13H13N3O2. The SMILES string of the molecule is Cn1cc(COc2cncc(C#CCO)c2)cn1. The van der Waals surface area contributed by atoms with Crippen molar-refractivity contribution in [1.29, 1.82) is 0 Å². The Morgan fingerprint density at radius 1 is 1.39 bits per heavy atom. The fourth-order valence-corrected chi connectivity index (χ4v) is 1.42. The Balaban J connectivity index is 2.01. The quantitative estimate of drug-likeness (QED) is 0.808. The third kappa shape index (κ3) is 3.34. The zero-order valence-corrected chi connectivity index (χ0v) is 10.00. The molecule has 0 saturated carbocycles. The van der Waals surface area contributed by atoms with Gasteiger partial charge >= 0.3 is 0 Å². The molecule has 0 unspecified atom stereocenters. The lowest BCUT2D eigenvalue weighted by molar-refractivity contribution is 0.305. The molecule has 18 heavy (non-hydrogen) atoms. The van der Waals surface area contributed by atoms with Crippen molar-refractivity contribution in [2.75, 3.05) is 6.61 Å².